The highest BCUT2D eigenvalue weighted by Gasteiger charge is 2.06. The number of hydrogen-bond acceptors (Lipinski definition) is 3. The molecule has 0 saturated heterocycles. The van der Waals surface area contributed by atoms with Crippen molar-refractivity contribution in [3.05, 3.63) is 16.9 Å². The standard InChI is InChI=1S/C7H7ClN4/c1-4-5-3-6(8)9-10-7(5)12(2)11-4/h3H,1-2H3. The third-order valence-electron chi connectivity index (χ3n) is 1.74. The maximum atomic E-state index is 5.69. The summed E-state index contributed by atoms with van der Waals surface area (Å²) in [5.41, 5.74) is 1.68. The Bertz CT molecular complexity index is 434. The molecule has 0 aromatic carbocycles. The Morgan fingerprint density at radius 2 is 2.17 bits per heavy atom. The quantitative estimate of drug-likeness (QED) is 0.617. The average molecular weight is 183 g/mol. The first kappa shape index (κ1) is 7.49. The molecule has 2 rings (SSSR count). The number of aryl methyl sites for hydroxylation is 2. The van der Waals surface area contributed by atoms with Crippen molar-refractivity contribution < 1.29 is 0 Å². The number of aromatic nitrogens is 4. The van der Waals surface area contributed by atoms with E-state index in [0.29, 0.717) is 5.15 Å². The molecule has 0 amide bonds. The van der Waals surface area contributed by atoms with E-state index in [1.165, 1.54) is 0 Å². The third kappa shape index (κ3) is 0.956. The first-order chi connectivity index (χ1) is 5.68. The summed E-state index contributed by atoms with van der Waals surface area (Å²) in [6, 6.07) is 1.77. The molecular weight excluding hydrogens is 176 g/mol. The molecule has 4 nitrogen and oxygen atoms in total. The van der Waals surface area contributed by atoms with E-state index in [9.17, 15) is 0 Å². The highest BCUT2D eigenvalue weighted by Crippen LogP contribution is 2.16. The average Bonchev–Trinajstić information content (AvgIpc) is 2.28. The molecule has 0 fully saturated rings. The van der Waals surface area contributed by atoms with Crippen molar-refractivity contribution in [1.29, 1.82) is 0 Å². The molecule has 0 radical (unpaired) electrons. The molecule has 0 N–H and O–H groups in total. The minimum atomic E-state index is 0.401. The molecule has 0 atom stereocenters. The SMILES string of the molecule is Cc1nn(C)c2nnc(Cl)cc12. The van der Waals surface area contributed by atoms with E-state index in [4.69, 9.17) is 11.6 Å². The zero-order valence-corrected chi connectivity index (χ0v) is 7.50. The van der Waals surface area contributed by atoms with E-state index in [1.54, 1.807) is 10.7 Å². The summed E-state index contributed by atoms with van der Waals surface area (Å²) in [6.45, 7) is 1.92. The van der Waals surface area contributed by atoms with Crippen LogP contribution in [0.5, 0.6) is 0 Å². The molecule has 0 aliphatic carbocycles. The summed E-state index contributed by atoms with van der Waals surface area (Å²) in [5.74, 6) is 0. The Balaban J connectivity index is 2.90. The fourth-order valence-corrected chi connectivity index (χ4v) is 1.34. The topological polar surface area (TPSA) is 43.6 Å². The molecule has 0 saturated carbocycles. The number of fused-ring (bicyclic) bond motifs is 1. The fourth-order valence-electron chi connectivity index (χ4n) is 1.19. The van der Waals surface area contributed by atoms with E-state index in [1.807, 2.05) is 14.0 Å². The summed E-state index contributed by atoms with van der Waals surface area (Å²) in [5, 5.41) is 13.2. The van der Waals surface area contributed by atoms with Crippen molar-refractivity contribution in [1.82, 2.24) is 20.0 Å². The maximum Gasteiger partial charge on any atom is 0.180 e. The summed E-state index contributed by atoms with van der Waals surface area (Å²) in [4.78, 5) is 0. The summed E-state index contributed by atoms with van der Waals surface area (Å²) in [6.07, 6.45) is 0. The van der Waals surface area contributed by atoms with Gasteiger partial charge in [-0.3, -0.25) is 0 Å². The molecule has 0 bridgehead atoms. The number of rotatable bonds is 0. The van der Waals surface area contributed by atoms with E-state index in [0.717, 1.165) is 16.7 Å². The molecule has 0 aliphatic rings. The van der Waals surface area contributed by atoms with Gasteiger partial charge in [0.05, 0.1) is 5.69 Å². The second kappa shape index (κ2) is 2.42. The van der Waals surface area contributed by atoms with Crippen molar-refractivity contribution in [2.75, 3.05) is 0 Å². The predicted octanol–water partition coefficient (Wildman–Crippen LogP) is 1.33. The van der Waals surface area contributed by atoms with Crippen LogP contribution in [0.2, 0.25) is 5.15 Å². The Morgan fingerprint density at radius 1 is 1.42 bits per heavy atom. The zero-order chi connectivity index (χ0) is 8.72. The van der Waals surface area contributed by atoms with Crippen LogP contribution < -0.4 is 0 Å². The molecular formula is C7H7ClN4. The maximum absolute atomic E-state index is 5.69. The van der Waals surface area contributed by atoms with Crippen LogP contribution in [0.15, 0.2) is 6.07 Å². The van der Waals surface area contributed by atoms with Gasteiger partial charge >= 0.3 is 0 Å². The summed E-state index contributed by atoms with van der Waals surface area (Å²) in [7, 11) is 1.83. The van der Waals surface area contributed by atoms with Crippen LogP contribution in [0.1, 0.15) is 5.69 Å². The van der Waals surface area contributed by atoms with Gasteiger partial charge in [-0.25, -0.2) is 4.68 Å². The summed E-state index contributed by atoms with van der Waals surface area (Å²) < 4.78 is 1.69. The molecule has 2 aromatic rings. The second-order valence-electron chi connectivity index (χ2n) is 2.61. The van der Waals surface area contributed by atoms with Gasteiger partial charge < -0.3 is 0 Å². The van der Waals surface area contributed by atoms with E-state index < -0.39 is 0 Å². The van der Waals surface area contributed by atoms with Gasteiger partial charge in [0, 0.05) is 12.4 Å². The normalized spacial score (nSPS) is 10.9. The Hall–Kier alpha value is -1.16. The highest BCUT2D eigenvalue weighted by atomic mass is 35.5. The van der Waals surface area contributed by atoms with Crippen molar-refractivity contribution in [2.24, 2.45) is 7.05 Å². The predicted molar refractivity (Wildman–Crippen MR) is 46.1 cm³/mol. The molecule has 0 unspecified atom stereocenters. The molecule has 2 aromatic heterocycles. The minimum Gasteiger partial charge on any atom is -0.249 e. The van der Waals surface area contributed by atoms with Crippen LogP contribution in [0.4, 0.5) is 0 Å². The van der Waals surface area contributed by atoms with E-state index in [-0.39, 0.29) is 0 Å². The van der Waals surface area contributed by atoms with Crippen molar-refractivity contribution >= 4 is 22.6 Å². The molecule has 0 spiro atoms. The van der Waals surface area contributed by atoms with Gasteiger partial charge in [-0.1, -0.05) is 11.6 Å². The number of hydrogen-bond donors (Lipinski definition) is 0. The smallest absolute Gasteiger partial charge is 0.180 e. The van der Waals surface area contributed by atoms with Gasteiger partial charge in [0.15, 0.2) is 10.8 Å². The van der Waals surface area contributed by atoms with Crippen molar-refractivity contribution in [2.45, 2.75) is 6.92 Å². The van der Waals surface area contributed by atoms with Crippen LogP contribution in [-0.4, -0.2) is 20.0 Å². The Kier molecular flexibility index (Phi) is 1.51. The van der Waals surface area contributed by atoms with E-state index >= 15 is 0 Å². The van der Waals surface area contributed by atoms with Gasteiger partial charge in [0.2, 0.25) is 0 Å². The van der Waals surface area contributed by atoms with Gasteiger partial charge in [0.1, 0.15) is 0 Å². The highest BCUT2D eigenvalue weighted by molar-refractivity contribution is 6.29. The monoisotopic (exact) mass is 182 g/mol. The van der Waals surface area contributed by atoms with E-state index in [2.05, 4.69) is 15.3 Å². The lowest BCUT2D eigenvalue weighted by Gasteiger charge is -1.90. The number of nitrogens with zero attached hydrogens (tertiary/aromatic N) is 4. The minimum absolute atomic E-state index is 0.401. The van der Waals surface area contributed by atoms with Crippen molar-refractivity contribution in [3.63, 3.8) is 0 Å². The first-order valence-corrected chi connectivity index (χ1v) is 3.89. The Labute approximate surface area is 74.2 Å². The van der Waals surface area contributed by atoms with Crippen LogP contribution in [0.3, 0.4) is 0 Å². The lowest BCUT2D eigenvalue weighted by atomic mass is 10.3. The lowest BCUT2D eigenvalue weighted by Crippen LogP contribution is -1.92. The molecule has 2 heterocycles. The van der Waals surface area contributed by atoms with Crippen LogP contribution in [-0.2, 0) is 7.05 Å². The van der Waals surface area contributed by atoms with Gasteiger partial charge in [0.25, 0.3) is 0 Å². The molecule has 5 heteroatoms. The second-order valence-corrected chi connectivity index (χ2v) is 3.00. The van der Waals surface area contributed by atoms with Gasteiger partial charge in [-0.05, 0) is 13.0 Å². The molecule has 62 valence electrons. The first-order valence-electron chi connectivity index (χ1n) is 3.51. The fraction of sp³-hybridized carbons (Fsp3) is 0.286. The van der Waals surface area contributed by atoms with Crippen LogP contribution in [0.25, 0.3) is 11.0 Å². The van der Waals surface area contributed by atoms with Gasteiger partial charge in [-0.15, -0.1) is 10.2 Å². The Morgan fingerprint density at radius 3 is 2.92 bits per heavy atom. The zero-order valence-electron chi connectivity index (χ0n) is 6.74. The van der Waals surface area contributed by atoms with Crippen LogP contribution >= 0.6 is 11.6 Å². The molecule has 0 aliphatic heterocycles. The molecule has 12 heavy (non-hydrogen) atoms. The van der Waals surface area contributed by atoms with Crippen LogP contribution in [0, 0.1) is 6.92 Å². The largest absolute Gasteiger partial charge is 0.249 e. The van der Waals surface area contributed by atoms with Crippen molar-refractivity contribution in [3.8, 4) is 0 Å². The third-order valence-corrected chi connectivity index (χ3v) is 1.93. The summed E-state index contributed by atoms with van der Waals surface area (Å²) >= 11 is 5.69. The van der Waals surface area contributed by atoms with Gasteiger partial charge in [-0.2, -0.15) is 5.10 Å². The number of halogens is 1. The lowest BCUT2D eigenvalue weighted by molar-refractivity contribution is 0.766.